The Morgan fingerprint density at radius 2 is 1.87 bits per heavy atom. The molecule has 0 atom stereocenters. The lowest BCUT2D eigenvalue weighted by atomic mass is 10.00. The summed E-state index contributed by atoms with van der Waals surface area (Å²) < 4.78 is 0. The molecule has 2 heterocycles. The Kier molecular flexibility index (Phi) is 6.13. The van der Waals surface area contributed by atoms with E-state index in [0.29, 0.717) is 15.5 Å². The van der Waals surface area contributed by atoms with Crippen molar-refractivity contribution < 1.29 is 14.6 Å². The average molecular weight is 444 g/mol. The molecule has 0 unspecified atom stereocenters. The molecule has 2 aromatic heterocycles. The molecule has 0 fully saturated rings. The van der Waals surface area contributed by atoms with E-state index in [2.05, 4.69) is 10.3 Å². The molecule has 11 heteroatoms. The zero-order chi connectivity index (χ0) is 21.9. The highest BCUT2D eigenvalue weighted by atomic mass is 32.2. The third-order valence-electron chi connectivity index (χ3n) is 4.06. The van der Waals surface area contributed by atoms with E-state index in [1.165, 1.54) is 24.3 Å². The number of nitrogens with one attached hydrogen (secondary N) is 1. The number of hydrogen-bond donors (Lipinski definition) is 1. The van der Waals surface area contributed by atoms with Gasteiger partial charge in [-0.2, -0.15) is 0 Å². The second-order valence-corrected chi connectivity index (χ2v) is 8.83. The normalized spacial score (nSPS) is 11.1. The van der Waals surface area contributed by atoms with E-state index in [9.17, 15) is 25.0 Å². The molecule has 0 saturated carbocycles. The molecule has 0 bridgehead atoms. The van der Waals surface area contributed by atoms with E-state index in [0.717, 1.165) is 23.1 Å². The van der Waals surface area contributed by atoms with Gasteiger partial charge in [-0.3, -0.25) is 30.0 Å². The van der Waals surface area contributed by atoms with Crippen molar-refractivity contribution >= 4 is 39.7 Å². The Balaban J connectivity index is 1.92. The van der Waals surface area contributed by atoms with Crippen LogP contribution < -0.4 is 5.32 Å². The van der Waals surface area contributed by atoms with Crippen LogP contribution in [0.25, 0.3) is 0 Å². The summed E-state index contributed by atoms with van der Waals surface area (Å²) in [5.41, 5.74) is -0.283. The second-order valence-electron chi connectivity index (χ2n) is 6.69. The molecule has 0 saturated heterocycles. The fraction of sp³-hybridized carbons (Fsp3) is 0.158. The Hall–Kier alpha value is -3.31. The lowest BCUT2D eigenvalue weighted by molar-refractivity contribution is -0.385. The molecule has 1 amide bonds. The third kappa shape index (κ3) is 4.81. The standard InChI is InChI=1S/C19H16N4O5S2/c1-19(2,15-8-3-4-9-20-15)21-18(24)17-14(11-16(30-17)23(27)28)29-13-7-5-6-12(10-13)22(25)26/h3-11H,1-2H3,(H,21,24). The zero-order valence-electron chi connectivity index (χ0n) is 15.9. The molecule has 30 heavy (non-hydrogen) atoms. The van der Waals surface area contributed by atoms with E-state index < -0.39 is 21.3 Å². The minimum atomic E-state index is -0.815. The van der Waals surface area contributed by atoms with E-state index >= 15 is 0 Å². The summed E-state index contributed by atoms with van der Waals surface area (Å²) in [6, 6.07) is 12.5. The van der Waals surface area contributed by atoms with Crippen molar-refractivity contribution in [3.05, 3.63) is 85.5 Å². The molecule has 3 rings (SSSR count). The highest BCUT2D eigenvalue weighted by molar-refractivity contribution is 7.99. The van der Waals surface area contributed by atoms with Gasteiger partial charge in [0.05, 0.1) is 21.1 Å². The summed E-state index contributed by atoms with van der Waals surface area (Å²) in [6.07, 6.45) is 1.61. The fourth-order valence-corrected chi connectivity index (χ4v) is 4.64. The fourth-order valence-electron chi connectivity index (χ4n) is 2.61. The van der Waals surface area contributed by atoms with Crippen LogP contribution in [-0.2, 0) is 5.54 Å². The van der Waals surface area contributed by atoms with Crippen LogP contribution in [0.2, 0.25) is 0 Å². The van der Waals surface area contributed by atoms with E-state index in [-0.39, 0.29) is 15.6 Å². The van der Waals surface area contributed by atoms with Crippen LogP contribution in [0, 0.1) is 20.2 Å². The minimum absolute atomic E-state index is 0.105. The number of rotatable bonds is 7. The topological polar surface area (TPSA) is 128 Å². The molecular weight excluding hydrogens is 428 g/mol. The summed E-state index contributed by atoms with van der Waals surface area (Å²) in [4.78, 5) is 39.4. The van der Waals surface area contributed by atoms with Crippen LogP contribution in [0.1, 0.15) is 29.2 Å². The Morgan fingerprint density at radius 3 is 2.50 bits per heavy atom. The number of benzene rings is 1. The molecule has 9 nitrogen and oxygen atoms in total. The average Bonchev–Trinajstić information content (AvgIpc) is 3.13. The molecule has 0 radical (unpaired) electrons. The lowest BCUT2D eigenvalue weighted by Gasteiger charge is -2.25. The van der Waals surface area contributed by atoms with Gasteiger partial charge in [-0.05, 0) is 32.0 Å². The maximum Gasteiger partial charge on any atom is 0.326 e. The van der Waals surface area contributed by atoms with Crippen molar-refractivity contribution in [1.82, 2.24) is 10.3 Å². The number of aromatic nitrogens is 1. The maximum absolute atomic E-state index is 13.0. The van der Waals surface area contributed by atoms with Gasteiger partial charge in [-0.15, -0.1) is 0 Å². The lowest BCUT2D eigenvalue weighted by Crippen LogP contribution is -2.41. The molecule has 0 aliphatic carbocycles. The van der Waals surface area contributed by atoms with Crippen molar-refractivity contribution in [2.24, 2.45) is 0 Å². The first kappa shape index (κ1) is 21.4. The number of hydrogen-bond acceptors (Lipinski definition) is 8. The summed E-state index contributed by atoms with van der Waals surface area (Å²) >= 11 is 1.81. The Bertz CT molecular complexity index is 1120. The molecule has 0 aliphatic heterocycles. The first-order valence-electron chi connectivity index (χ1n) is 8.62. The third-order valence-corrected chi connectivity index (χ3v) is 6.30. The molecule has 0 aliphatic rings. The van der Waals surface area contributed by atoms with Gasteiger partial charge in [-0.25, -0.2) is 0 Å². The van der Waals surface area contributed by atoms with Gasteiger partial charge >= 0.3 is 5.00 Å². The van der Waals surface area contributed by atoms with Crippen LogP contribution in [0.15, 0.2) is 64.5 Å². The van der Waals surface area contributed by atoms with E-state index in [1.54, 1.807) is 44.3 Å². The van der Waals surface area contributed by atoms with E-state index in [4.69, 9.17) is 0 Å². The van der Waals surface area contributed by atoms with Gasteiger partial charge in [0, 0.05) is 34.2 Å². The number of pyridine rings is 1. The van der Waals surface area contributed by atoms with Crippen LogP contribution >= 0.6 is 23.1 Å². The van der Waals surface area contributed by atoms with Crippen molar-refractivity contribution in [3.8, 4) is 0 Å². The molecule has 1 aromatic carbocycles. The van der Waals surface area contributed by atoms with Crippen molar-refractivity contribution in [2.75, 3.05) is 0 Å². The summed E-state index contributed by atoms with van der Waals surface area (Å²) in [5.74, 6) is -0.489. The summed E-state index contributed by atoms with van der Waals surface area (Å²) in [6.45, 7) is 3.56. The number of nitrogens with zero attached hydrogens (tertiary/aromatic N) is 3. The van der Waals surface area contributed by atoms with E-state index in [1.807, 2.05) is 0 Å². The summed E-state index contributed by atoms with van der Waals surface area (Å²) in [5, 5.41) is 24.9. The number of nitro benzene ring substituents is 1. The van der Waals surface area contributed by atoms with Gasteiger partial charge in [0.15, 0.2) is 0 Å². The van der Waals surface area contributed by atoms with Crippen molar-refractivity contribution in [3.63, 3.8) is 0 Å². The van der Waals surface area contributed by atoms with Crippen LogP contribution in [-0.4, -0.2) is 20.7 Å². The molecule has 0 spiro atoms. The number of non-ortho nitro benzene ring substituents is 1. The van der Waals surface area contributed by atoms with Crippen molar-refractivity contribution in [1.29, 1.82) is 0 Å². The van der Waals surface area contributed by atoms with Gasteiger partial charge in [0.1, 0.15) is 4.88 Å². The minimum Gasteiger partial charge on any atom is -0.341 e. The summed E-state index contributed by atoms with van der Waals surface area (Å²) in [7, 11) is 0. The van der Waals surface area contributed by atoms with Crippen molar-refractivity contribution in [2.45, 2.75) is 29.2 Å². The first-order chi connectivity index (χ1) is 14.2. The second kappa shape index (κ2) is 8.59. The number of nitro groups is 2. The number of thiophene rings is 1. The molecule has 154 valence electrons. The largest absolute Gasteiger partial charge is 0.341 e. The van der Waals surface area contributed by atoms with Crippen LogP contribution in [0.4, 0.5) is 10.7 Å². The molecular formula is C19H16N4O5S2. The Morgan fingerprint density at radius 1 is 1.10 bits per heavy atom. The van der Waals surface area contributed by atoms with Gasteiger partial charge in [0.25, 0.3) is 11.6 Å². The maximum atomic E-state index is 13.0. The van der Waals surface area contributed by atoms with Crippen LogP contribution in [0.3, 0.4) is 0 Å². The number of amides is 1. The monoisotopic (exact) mass is 444 g/mol. The number of carbonyl (C=O) groups excluding carboxylic acids is 1. The SMILES string of the molecule is CC(C)(NC(=O)c1sc([N+](=O)[O-])cc1Sc1cccc([N+](=O)[O-])c1)c1ccccn1. The number of carbonyl (C=O) groups is 1. The smallest absolute Gasteiger partial charge is 0.326 e. The predicted molar refractivity (Wildman–Crippen MR) is 113 cm³/mol. The first-order valence-corrected chi connectivity index (χ1v) is 10.3. The van der Waals surface area contributed by atoms with Gasteiger partial charge in [0.2, 0.25) is 0 Å². The van der Waals surface area contributed by atoms with Crippen LogP contribution in [0.5, 0.6) is 0 Å². The van der Waals surface area contributed by atoms with Gasteiger partial charge < -0.3 is 5.32 Å². The predicted octanol–water partition coefficient (Wildman–Crippen LogP) is 4.78. The highest BCUT2D eigenvalue weighted by Crippen LogP contribution is 2.40. The molecule has 1 N–H and O–H groups in total. The quantitative estimate of drug-likeness (QED) is 0.410. The highest BCUT2D eigenvalue weighted by Gasteiger charge is 2.29. The van der Waals surface area contributed by atoms with Gasteiger partial charge in [-0.1, -0.05) is 35.2 Å². The zero-order valence-corrected chi connectivity index (χ0v) is 17.5. The molecule has 3 aromatic rings. The Labute approximate surface area is 179 Å².